The van der Waals surface area contributed by atoms with Gasteiger partial charge in [-0.2, -0.15) is 4.31 Å². The van der Waals surface area contributed by atoms with Crippen LogP contribution in [0, 0.1) is 0 Å². The van der Waals surface area contributed by atoms with Gasteiger partial charge < -0.3 is 4.90 Å². The summed E-state index contributed by atoms with van der Waals surface area (Å²) in [6.07, 6.45) is 0. The van der Waals surface area contributed by atoms with Gasteiger partial charge in [-0.25, -0.2) is 8.42 Å². The predicted octanol–water partition coefficient (Wildman–Crippen LogP) is 3.32. The van der Waals surface area contributed by atoms with Crippen molar-refractivity contribution in [2.45, 2.75) is 24.1 Å². The molecule has 9 heteroatoms. The van der Waals surface area contributed by atoms with E-state index >= 15 is 0 Å². The molecule has 3 rings (SSSR count). The number of likely N-dealkylation sites (N-methyl/N-ethyl adjacent to an activating group) is 1. The Morgan fingerprint density at radius 3 is 2.21 bits per heavy atom. The first-order chi connectivity index (χ1) is 13.9. The van der Waals surface area contributed by atoms with Gasteiger partial charge in [0.2, 0.25) is 5.91 Å². The Balaban J connectivity index is 1.79. The van der Waals surface area contributed by atoms with Crippen molar-refractivity contribution in [3.63, 3.8) is 0 Å². The molecule has 1 amide bonds. The molecule has 1 saturated heterocycles. The van der Waals surface area contributed by atoms with E-state index in [9.17, 15) is 13.2 Å². The third kappa shape index (κ3) is 4.83. The third-order valence-corrected chi connectivity index (χ3v) is 8.80. The normalized spacial score (nSPS) is 17.2. The van der Waals surface area contributed by atoms with Gasteiger partial charge in [-0.05, 0) is 31.5 Å². The topological polar surface area (TPSA) is 60.9 Å². The fraction of sp³-hybridized carbons (Fsp3) is 0.450. The zero-order valence-electron chi connectivity index (χ0n) is 16.6. The standard InChI is InChI=1S/C20H26ClN3O3S2/c1-3-22(4-2)20(25)19(16-8-6-5-7-9-16)23-12-14-24(15-13-23)29(26,27)18-11-10-17(21)28-18/h5-11,19H,3-4,12-15H2,1-2H3. The molecule has 1 fully saturated rings. The van der Waals surface area contributed by atoms with Crippen LogP contribution in [0.15, 0.2) is 46.7 Å². The molecule has 29 heavy (non-hydrogen) atoms. The predicted molar refractivity (Wildman–Crippen MR) is 117 cm³/mol. The minimum absolute atomic E-state index is 0.0579. The minimum Gasteiger partial charge on any atom is -0.342 e. The van der Waals surface area contributed by atoms with Gasteiger partial charge in [0.1, 0.15) is 10.3 Å². The number of amides is 1. The number of rotatable bonds is 7. The highest BCUT2D eigenvalue weighted by Crippen LogP contribution is 2.30. The van der Waals surface area contributed by atoms with Crippen LogP contribution in [0.2, 0.25) is 4.34 Å². The molecule has 0 radical (unpaired) electrons. The number of carbonyl (C=O) groups excluding carboxylic acids is 1. The summed E-state index contributed by atoms with van der Waals surface area (Å²) in [7, 11) is -3.56. The van der Waals surface area contributed by atoms with Crippen molar-refractivity contribution in [1.29, 1.82) is 0 Å². The molecule has 1 aliphatic rings. The third-order valence-electron chi connectivity index (χ3n) is 5.21. The van der Waals surface area contributed by atoms with Crippen molar-refractivity contribution in [2.24, 2.45) is 0 Å². The van der Waals surface area contributed by atoms with Crippen LogP contribution in [0.1, 0.15) is 25.5 Å². The number of halogens is 1. The molecule has 1 unspecified atom stereocenters. The Morgan fingerprint density at radius 2 is 1.69 bits per heavy atom. The number of nitrogens with zero attached hydrogens (tertiary/aromatic N) is 3. The van der Waals surface area contributed by atoms with Gasteiger partial charge in [-0.3, -0.25) is 9.69 Å². The first kappa shape index (κ1) is 22.2. The Kier molecular flexibility index (Phi) is 7.34. The Morgan fingerprint density at radius 1 is 1.07 bits per heavy atom. The van der Waals surface area contributed by atoms with Crippen molar-refractivity contribution in [2.75, 3.05) is 39.3 Å². The quantitative estimate of drug-likeness (QED) is 0.642. The molecule has 1 aromatic carbocycles. The summed E-state index contributed by atoms with van der Waals surface area (Å²) < 4.78 is 27.9. The lowest BCUT2D eigenvalue weighted by Crippen LogP contribution is -2.52. The molecule has 0 bridgehead atoms. The van der Waals surface area contributed by atoms with E-state index in [0.29, 0.717) is 43.6 Å². The van der Waals surface area contributed by atoms with Gasteiger partial charge in [0, 0.05) is 39.3 Å². The van der Waals surface area contributed by atoms with Gasteiger partial charge >= 0.3 is 0 Å². The first-order valence-electron chi connectivity index (χ1n) is 9.71. The highest BCUT2D eigenvalue weighted by Gasteiger charge is 2.36. The van der Waals surface area contributed by atoms with E-state index in [4.69, 9.17) is 11.6 Å². The van der Waals surface area contributed by atoms with E-state index in [1.165, 1.54) is 4.31 Å². The number of thiophene rings is 1. The average molecular weight is 456 g/mol. The highest BCUT2D eigenvalue weighted by molar-refractivity contribution is 7.91. The van der Waals surface area contributed by atoms with Gasteiger partial charge in [0.15, 0.2) is 0 Å². The Hall–Kier alpha value is -1.45. The molecule has 1 aromatic heterocycles. The fourth-order valence-electron chi connectivity index (χ4n) is 3.62. The van der Waals surface area contributed by atoms with Gasteiger partial charge in [-0.15, -0.1) is 11.3 Å². The second-order valence-corrected chi connectivity index (χ2v) is 10.7. The number of carbonyl (C=O) groups is 1. The first-order valence-corrected chi connectivity index (χ1v) is 12.3. The summed E-state index contributed by atoms with van der Waals surface area (Å²) in [6.45, 7) is 6.90. The van der Waals surface area contributed by atoms with Crippen LogP contribution in [0.25, 0.3) is 0 Å². The summed E-state index contributed by atoms with van der Waals surface area (Å²) in [4.78, 5) is 17.2. The van der Waals surface area contributed by atoms with Gasteiger partial charge in [-0.1, -0.05) is 41.9 Å². The number of hydrogen-bond acceptors (Lipinski definition) is 5. The summed E-state index contributed by atoms with van der Waals surface area (Å²) in [6, 6.07) is 12.5. The lowest BCUT2D eigenvalue weighted by atomic mass is 10.0. The maximum absolute atomic E-state index is 13.2. The summed E-state index contributed by atoms with van der Waals surface area (Å²) >= 11 is 6.98. The molecule has 2 heterocycles. The Bertz CT molecular complexity index is 921. The maximum atomic E-state index is 13.2. The lowest BCUT2D eigenvalue weighted by Gasteiger charge is -2.39. The molecule has 0 spiro atoms. The summed E-state index contributed by atoms with van der Waals surface area (Å²) in [5, 5.41) is 0. The van der Waals surface area contributed by atoms with E-state index in [0.717, 1.165) is 16.9 Å². The van der Waals surface area contributed by atoms with E-state index in [1.807, 2.05) is 49.1 Å². The van der Waals surface area contributed by atoms with Crippen molar-refractivity contribution in [3.8, 4) is 0 Å². The summed E-state index contributed by atoms with van der Waals surface area (Å²) in [5.74, 6) is 0.0579. The van der Waals surface area contributed by atoms with Crippen LogP contribution in [-0.4, -0.2) is 67.7 Å². The fourth-order valence-corrected chi connectivity index (χ4v) is 6.68. The highest BCUT2D eigenvalue weighted by atomic mass is 35.5. The zero-order chi connectivity index (χ0) is 21.0. The monoisotopic (exact) mass is 455 g/mol. The van der Waals surface area contributed by atoms with Crippen molar-refractivity contribution >= 4 is 38.9 Å². The maximum Gasteiger partial charge on any atom is 0.252 e. The van der Waals surface area contributed by atoms with E-state index in [-0.39, 0.29) is 10.1 Å². The van der Waals surface area contributed by atoms with Crippen LogP contribution >= 0.6 is 22.9 Å². The molecule has 1 aliphatic heterocycles. The average Bonchev–Trinajstić information content (AvgIpc) is 3.18. The van der Waals surface area contributed by atoms with Crippen LogP contribution in [0.5, 0.6) is 0 Å². The molecule has 1 atom stereocenters. The largest absolute Gasteiger partial charge is 0.342 e. The molecule has 0 aliphatic carbocycles. The lowest BCUT2D eigenvalue weighted by molar-refractivity contribution is -0.137. The second kappa shape index (κ2) is 9.57. The Labute approximate surface area is 181 Å². The van der Waals surface area contributed by atoms with Crippen molar-refractivity contribution in [1.82, 2.24) is 14.1 Å². The van der Waals surface area contributed by atoms with Crippen molar-refractivity contribution in [3.05, 3.63) is 52.4 Å². The van der Waals surface area contributed by atoms with Crippen LogP contribution in [0.4, 0.5) is 0 Å². The molecule has 6 nitrogen and oxygen atoms in total. The number of sulfonamides is 1. The molecular weight excluding hydrogens is 430 g/mol. The molecular formula is C20H26ClN3O3S2. The van der Waals surface area contributed by atoms with Gasteiger partial charge in [0.05, 0.1) is 4.34 Å². The minimum atomic E-state index is -3.56. The van der Waals surface area contributed by atoms with Crippen LogP contribution in [0.3, 0.4) is 0 Å². The molecule has 0 saturated carbocycles. The SMILES string of the molecule is CCN(CC)C(=O)C(c1ccccc1)N1CCN(S(=O)(=O)c2ccc(Cl)s2)CC1. The summed E-state index contributed by atoms with van der Waals surface area (Å²) in [5.41, 5.74) is 0.936. The molecule has 0 N–H and O–H groups in total. The van der Waals surface area contributed by atoms with E-state index in [2.05, 4.69) is 4.90 Å². The van der Waals surface area contributed by atoms with Gasteiger partial charge in [0.25, 0.3) is 10.0 Å². The number of hydrogen-bond donors (Lipinski definition) is 0. The van der Waals surface area contributed by atoms with Crippen molar-refractivity contribution < 1.29 is 13.2 Å². The van der Waals surface area contributed by atoms with E-state index < -0.39 is 16.1 Å². The molecule has 2 aromatic rings. The number of piperazine rings is 1. The van der Waals surface area contributed by atoms with E-state index in [1.54, 1.807) is 12.1 Å². The smallest absolute Gasteiger partial charge is 0.252 e. The van der Waals surface area contributed by atoms with Crippen LogP contribution in [-0.2, 0) is 14.8 Å². The zero-order valence-corrected chi connectivity index (χ0v) is 19.0. The number of benzene rings is 1. The van der Waals surface area contributed by atoms with Crippen LogP contribution < -0.4 is 0 Å². The molecule has 158 valence electrons. The second-order valence-electron chi connectivity index (χ2n) is 6.82.